The van der Waals surface area contributed by atoms with Crippen molar-refractivity contribution in [2.24, 2.45) is 0 Å². The van der Waals surface area contributed by atoms with E-state index in [1.54, 1.807) is 33.1 Å². The van der Waals surface area contributed by atoms with E-state index in [0.717, 1.165) is 12.8 Å². The highest BCUT2D eigenvalue weighted by atomic mass is 16.5. The third-order valence-electron chi connectivity index (χ3n) is 5.00. The number of esters is 1. The van der Waals surface area contributed by atoms with Gasteiger partial charge in [0.2, 0.25) is 0 Å². The molecule has 1 aliphatic heterocycles. The molecule has 2 N–H and O–H groups in total. The molecule has 7 nitrogen and oxygen atoms in total. The molecule has 1 atom stereocenters. The highest BCUT2D eigenvalue weighted by Gasteiger charge is 2.32. The second-order valence-corrected chi connectivity index (χ2v) is 7.14. The van der Waals surface area contributed by atoms with Crippen LogP contribution in [0.5, 0.6) is 11.5 Å². The maximum atomic E-state index is 12.5. The second-order valence-electron chi connectivity index (χ2n) is 7.14. The SMILES string of the molecule is CCOC(=O)C1=C(C)NC(=O)NC1c1ccc(OCCCc2ccccc2)c(OC)c1. The van der Waals surface area contributed by atoms with Crippen LogP contribution in [0.3, 0.4) is 0 Å². The lowest BCUT2D eigenvalue weighted by molar-refractivity contribution is -0.139. The van der Waals surface area contributed by atoms with Gasteiger partial charge in [0, 0.05) is 5.70 Å². The monoisotopic (exact) mass is 424 g/mol. The van der Waals surface area contributed by atoms with Crippen molar-refractivity contribution in [1.82, 2.24) is 10.6 Å². The van der Waals surface area contributed by atoms with E-state index in [2.05, 4.69) is 22.8 Å². The molecule has 164 valence electrons. The van der Waals surface area contributed by atoms with Crippen LogP contribution in [0.1, 0.15) is 37.4 Å². The van der Waals surface area contributed by atoms with Crippen molar-refractivity contribution in [3.63, 3.8) is 0 Å². The molecule has 0 bridgehead atoms. The predicted molar refractivity (Wildman–Crippen MR) is 117 cm³/mol. The topological polar surface area (TPSA) is 85.9 Å². The van der Waals surface area contributed by atoms with Gasteiger partial charge in [-0.2, -0.15) is 0 Å². The number of aryl methyl sites for hydroxylation is 1. The van der Waals surface area contributed by atoms with Crippen LogP contribution in [-0.2, 0) is 16.0 Å². The van der Waals surface area contributed by atoms with Gasteiger partial charge in [0.25, 0.3) is 0 Å². The van der Waals surface area contributed by atoms with E-state index in [1.807, 2.05) is 24.3 Å². The zero-order valence-corrected chi connectivity index (χ0v) is 18.1. The van der Waals surface area contributed by atoms with Crippen LogP contribution in [0, 0.1) is 0 Å². The lowest BCUT2D eigenvalue weighted by Crippen LogP contribution is -2.45. The smallest absolute Gasteiger partial charge is 0.338 e. The first-order valence-corrected chi connectivity index (χ1v) is 10.3. The molecule has 0 aliphatic carbocycles. The summed E-state index contributed by atoms with van der Waals surface area (Å²) in [7, 11) is 1.56. The molecule has 1 unspecified atom stereocenters. The first-order chi connectivity index (χ1) is 15.0. The first kappa shape index (κ1) is 22.2. The van der Waals surface area contributed by atoms with Crippen molar-refractivity contribution in [3.8, 4) is 11.5 Å². The molecule has 0 saturated heterocycles. The maximum Gasteiger partial charge on any atom is 0.338 e. The molecular weight excluding hydrogens is 396 g/mol. The molecule has 3 rings (SSSR count). The summed E-state index contributed by atoms with van der Waals surface area (Å²) in [6, 6.07) is 14.6. The molecule has 31 heavy (non-hydrogen) atoms. The summed E-state index contributed by atoms with van der Waals surface area (Å²) >= 11 is 0. The van der Waals surface area contributed by atoms with Crippen molar-refractivity contribution in [2.45, 2.75) is 32.7 Å². The third kappa shape index (κ3) is 5.57. The molecule has 1 heterocycles. The number of hydrogen-bond donors (Lipinski definition) is 2. The quantitative estimate of drug-likeness (QED) is 0.471. The summed E-state index contributed by atoms with van der Waals surface area (Å²) in [5.41, 5.74) is 2.79. The van der Waals surface area contributed by atoms with E-state index in [0.29, 0.717) is 34.9 Å². The number of urea groups is 1. The van der Waals surface area contributed by atoms with Crippen LogP contribution < -0.4 is 20.1 Å². The Morgan fingerprint density at radius 1 is 1.10 bits per heavy atom. The van der Waals surface area contributed by atoms with Gasteiger partial charge in [0.05, 0.1) is 31.9 Å². The Morgan fingerprint density at radius 2 is 1.87 bits per heavy atom. The summed E-state index contributed by atoms with van der Waals surface area (Å²) in [5, 5.41) is 5.42. The van der Waals surface area contributed by atoms with E-state index >= 15 is 0 Å². The average molecular weight is 424 g/mol. The lowest BCUT2D eigenvalue weighted by atomic mass is 9.95. The second kappa shape index (κ2) is 10.5. The average Bonchev–Trinajstić information content (AvgIpc) is 2.77. The number of rotatable bonds is 9. The van der Waals surface area contributed by atoms with E-state index < -0.39 is 12.0 Å². The Balaban J connectivity index is 1.74. The van der Waals surface area contributed by atoms with Crippen molar-refractivity contribution < 1.29 is 23.8 Å². The normalized spacial score (nSPS) is 15.7. The summed E-state index contributed by atoms with van der Waals surface area (Å²) in [5.74, 6) is 0.668. The highest BCUT2D eigenvalue weighted by Crippen LogP contribution is 2.34. The molecule has 2 amide bonds. The first-order valence-electron chi connectivity index (χ1n) is 10.3. The van der Waals surface area contributed by atoms with Gasteiger partial charge in [0.15, 0.2) is 11.5 Å². The number of ether oxygens (including phenoxy) is 3. The fraction of sp³-hybridized carbons (Fsp3) is 0.333. The van der Waals surface area contributed by atoms with E-state index in [-0.39, 0.29) is 12.6 Å². The number of methoxy groups -OCH3 is 1. The number of carbonyl (C=O) groups excluding carboxylic acids is 2. The van der Waals surface area contributed by atoms with E-state index in [1.165, 1.54) is 5.56 Å². The van der Waals surface area contributed by atoms with Gasteiger partial charge in [-0.1, -0.05) is 36.4 Å². The predicted octanol–water partition coefficient (Wildman–Crippen LogP) is 3.90. The van der Waals surface area contributed by atoms with Gasteiger partial charge in [-0.05, 0) is 49.9 Å². The molecule has 0 fully saturated rings. The lowest BCUT2D eigenvalue weighted by Gasteiger charge is -2.28. The fourth-order valence-corrected chi connectivity index (χ4v) is 3.51. The number of amides is 2. The number of benzene rings is 2. The van der Waals surface area contributed by atoms with Crippen LogP contribution in [0.25, 0.3) is 0 Å². The summed E-state index contributed by atoms with van der Waals surface area (Å²) in [4.78, 5) is 24.5. The van der Waals surface area contributed by atoms with Crippen molar-refractivity contribution >= 4 is 12.0 Å². The Morgan fingerprint density at radius 3 is 2.58 bits per heavy atom. The van der Waals surface area contributed by atoms with Gasteiger partial charge < -0.3 is 24.8 Å². The summed E-state index contributed by atoms with van der Waals surface area (Å²) in [6.07, 6.45) is 1.80. The number of carbonyl (C=O) groups is 2. The largest absolute Gasteiger partial charge is 0.493 e. The molecule has 2 aromatic rings. The van der Waals surface area contributed by atoms with Crippen molar-refractivity contribution in [3.05, 3.63) is 70.9 Å². The van der Waals surface area contributed by atoms with Crippen LogP contribution >= 0.6 is 0 Å². The highest BCUT2D eigenvalue weighted by molar-refractivity contribution is 5.95. The Bertz CT molecular complexity index is 956. The van der Waals surface area contributed by atoms with Gasteiger partial charge in [0.1, 0.15) is 0 Å². The van der Waals surface area contributed by atoms with Crippen LogP contribution in [0.15, 0.2) is 59.8 Å². The Kier molecular flexibility index (Phi) is 7.54. The van der Waals surface area contributed by atoms with Crippen molar-refractivity contribution in [1.29, 1.82) is 0 Å². The van der Waals surface area contributed by atoms with Gasteiger partial charge >= 0.3 is 12.0 Å². The third-order valence-corrected chi connectivity index (χ3v) is 5.00. The zero-order chi connectivity index (χ0) is 22.2. The number of allylic oxidation sites excluding steroid dienone is 1. The van der Waals surface area contributed by atoms with Gasteiger partial charge in [-0.15, -0.1) is 0 Å². The molecule has 0 saturated carbocycles. The Hall–Kier alpha value is -3.48. The summed E-state index contributed by atoms with van der Waals surface area (Å²) < 4.78 is 16.6. The molecule has 2 aromatic carbocycles. The van der Waals surface area contributed by atoms with E-state index in [4.69, 9.17) is 14.2 Å². The molecule has 7 heteroatoms. The minimum atomic E-state index is -0.645. The maximum absolute atomic E-state index is 12.5. The van der Waals surface area contributed by atoms with Gasteiger partial charge in [-0.3, -0.25) is 0 Å². The van der Waals surface area contributed by atoms with Crippen LogP contribution in [-0.4, -0.2) is 32.3 Å². The zero-order valence-electron chi connectivity index (χ0n) is 18.1. The van der Waals surface area contributed by atoms with Crippen molar-refractivity contribution in [2.75, 3.05) is 20.3 Å². The molecule has 1 aliphatic rings. The van der Waals surface area contributed by atoms with Crippen LogP contribution in [0.4, 0.5) is 4.79 Å². The standard InChI is InChI=1S/C24H28N2O5/c1-4-30-23(27)21-16(2)25-24(28)26-22(21)18-12-13-19(20(15-18)29-3)31-14-8-11-17-9-6-5-7-10-17/h5-7,9-10,12-13,15,22H,4,8,11,14H2,1-3H3,(H2,25,26,28). The molecular formula is C24H28N2O5. The fourth-order valence-electron chi connectivity index (χ4n) is 3.51. The Labute approximate surface area is 182 Å². The molecule has 0 aromatic heterocycles. The van der Waals surface area contributed by atoms with Crippen LogP contribution in [0.2, 0.25) is 0 Å². The summed E-state index contributed by atoms with van der Waals surface area (Å²) in [6.45, 7) is 4.21. The molecule has 0 spiro atoms. The number of hydrogen-bond acceptors (Lipinski definition) is 5. The number of nitrogens with one attached hydrogen (secondary N) is 2. The van der Waals surface area contributed by atoms with E-state index in [9.17, 15) is 9.59 Å². The minimum Gasteiger partial charge on any atom is -0.493 e. The molecule has 0 radical (unpaired) electrons. The van der Waals surface area contributed by atoms with Gasteiger partial charge in [-0.25, -0.2) is 9.59 Å². The minimum absolute atomic E-state index is 0.245.